The molecule has 7 heteroatoms. The number of furan rings is 1. The number of imide groups is 1. The Morgan fingerprint density at radius 3 is 2.70 bits per heavy atom. The highest BCUT2D eigenvalue weighted by Gasteiger charge is 2.35. The number of hydrogen-bond acceptors (Lipinski definition) is 5. The van der Waals surface area contributed by atoms with Gasteiger partial charge in [0.25, 0.3) is 11.1 Å². The highest BCUT2D eigenvalue weighted by Crippen LogP contribution is 2.32. The molecule has 2 heterocycles. The highest BCUT2D eigenvalue weighted by molar-refractivity contribution is 8.18. The molecule has 0 atom stereocenters. The lowest BCUT2D eigenvalue weighted by Crippen LogP contribution is -2.32. The Morgan fingerprint density at radius 1 is 1.22 bits per heavy atom. The van der Waals surface area contributed by atoms with Crippen LogP contribution in [0.25, 0.3) is 6.08 Å². The maximum absolute atomic E-state index is 12.8. The number of carbonyl (C=O) groups excluding carboxylic acids is 2. The van der Waals surface area contributed by atoms with Gasteiger partial charge >= 0.3 is 0 Å². The van der Waals surface area contributed by atoms with Crippen molar-refractivity contribution in [3.63, 3.8) is 0 Å². The van der Waals surface area contributed by atoms with E-state index in [1.54, 1.807) is 12.1 Å². The van der Waals surface area contributed by atoms with Gasteiger partial charge in [-0.05, 0) is 48.2 Å². The number of amides is 2. The largest absolute Gasteiger partial charge is 0.492 e. The van der Waals surface area contributed by atoms with Gasteiger partial charge in [-0.2, -0.15) is 0 Å². The van der Waals surface area contributed by atoms with Crippen molar-refractivity contribution in [1.82, 2.24) is 4.90 Å². The molecule has 3 rings (SSSR count). The molecular formula is C16H12FNO4S. The van der Waals surface area contributed by atoms with Crippen molar-refractivity contribution in [2.24, 2.45) is 0 Å². The van der Waals surface area contributed by atoms with Gasteiger partial charge in [-0.1, -0.05) is 0 Å². The van der Waals surface area contributed by atoms with E-state index in [1.807, 2.05) is 0 Å². The van der Waals surface area contributed by atoms with Crippen LogP contribution >= 0.6 is 11.8 Å². The van der Waals surface area contributed by atoms with E-state index >= 15 is 0 Å². The normalized spacial score (nSPS) is 16.4. The summed E-state index contributed by atoms with van der Waals surface area (Å²) in [5.74, 6) is 0.257. The van der Waals surface area contributed by atoms with Crippen LogP contribution in [0.2, 0.25) is 0 Å². The average Bonchev–Trinajstić information content (AvgIpc) is 3.13. The molecule has 0 radical (unpaired) electrons. The number of rotatable bonds is 5. The van der Waals surface area contributed by atoms with E-state index in [9.17, 15) is 14.0 Å². The standard InChI is InChI=1S/C16H12FNO4S/c17-11-3-5-12(6-4-11)22-9-7-18-15(19)14(23-16(18)20)10-13-2-1-8-21-13/h1-6,8,10H,7,9H2/b14-10-. The predicted molar refractivity (Wildman–Crippen MR) is 83.3 cm³/mol. The van der Waals surface area contributed by atoms with Gasteiger partial charge in [-0.3, -0.25) is 14.5 Å². The molecule has 23 heavy (non-hydrogen) atoms. The topological polar surface area (TPSA) is 59.8 Å². The fourth-order valence-corrected chi connectivity index (χ4v) is 2.83. The van der Waals surface area contributed by atoms with E-state index in [1.165, 1.54) is 36.6 Å². The van der Waals surface area contributed by atoms with Gasteiger partial charge in [0.2, 0.25) is 0 Å². The molecule has 2 aromatic rings. The Kier molecular flexibility index (Phi) is 4.47. The van der Waals surface area contributed by atoms with Crippen LogP contribution in [0.3, 0.4) is 0 Å². The summed E-state index contributed by atoms with van der Waals surface area (Å²) >= 11 is 0.862. The molecule has 0 spiro atoms. The predicted octanol–water partition coefficient (Wildman–Crippen LogP) is 3.53. The summed E-state index contributed by atoms with van der Waals surface area (Å²) in [5, 5.41) is -0.351. The summed E-state index contributed by atoms with van der Waals surface area (Å²) in [6.45, 7) is 0.259. The quantitative estimate of drug-likeness (QED) is 0.783. The van der Waals surface area contributed by atoms with E-state index in [2.05, 4.69) is 0 Å². The number of carbonyl (C=O) groups is 2. The van der Waals surface area contributed by atoms with E-state index in [-0.39, 0.29) is 30.1 Å². The average molecular weight is 333 g/mol. The lowest BCUT2D eigenvalue weighted by Gasteiger charge is -2.13. The van der Waals surface area contributed by atoms with Crippen LogP contribution < -0.4 is 4.74 Å². The number of hydrogen-bond donors (Lipinski definition) is 0. The SMILES string of the molecule is O=C1S/C(=C\c2ccco2)C(=O)N1CCOc1ccc(F)cc1. The first-order valence-corrected chi connectivity index (χ1v) is 7.62. The fraction of sp³-hybridized carbons (Fsp3) is 0.125. The third kappa shape index (κ3) is 3.62. The lowest BCUT2D eigenvalue weighted by atomic mass is 10.3. The van der Waals surface area contributed by atoms with Gasteiger partial charge in [-0.25, -0.2) is 4.39 Å². The van der Waals surface area contributed by atoms with Crippen molar-refractivity contribution in [2.45, 2.75) is 0 Å². The van der Waals surface area contributed by atoms with E-state index in [0.29, 0.717) is 16.4 Å². The zero-order valence-electron chi connectivity index (χ0n) is 11.9. The monoisotopic (exact) mass is 333 g/mol. The molecule has 118 valence electrons. The third-order valence-electron chi connectivity index (χ3n) is 3.09. The molecular weight excluding hydrogens is 321 g/mol. The maximum Gasteiger partial charge on any atom is 0.293 e. The van der Waals surface area contributed by atoms with Gasteiger partial charge in [0.15, 0.2) is 0 Å². The molecule has 1 aromatic heterocycles. The first-order valence-electron chi connectivity index (χ1n) is 6.81. The van der Waals surface area contributed by atoms with Crippen molar-refractivity contribution in [1.29, 1.82) is 0 Å². The Bertz CT molecular complexity index is 740. The second-order valence-electron chi connectivity index (χ2n) is 4.65. The number of ether oxygens (including phenoxy) is 1. The summed E-state index contributed by atoms with van der Waals surface area (Å²) in [6, 6.07) is 8.93. The Labute approximate surface area is 135 Å². The number of benzene rings is 1. The van der Waals surface area contributed by atoms with Crippen molar-refractivity contribution in [3.8, 4) is 5.75 Å². The number of thioether (sulfide) groups is 1. The van der Waals surface area contributed by atoms with Crippen LogP contribution in [0.1, 0.15) is 5.76 Å². The fourth-order valence-electron chi connectivity index (χ4n) is 1.98. The summed E-state index contributed by atoms with van der Waals surface area (Å²) in [6.07, 6.45) is 3.03. The maximum atomic E-state index is 12.8. The molecule has 2 amide bonds. The summed E-state index contributed by atoms with van der Waals surface area (Å²) in [5.41, 5.74) is 0. The smallest absolute Gasteiger partial charge is 0.293 e. The summed E-state index contributed by atoms with van der Waals surface area (Å²) in [7, 11) is 0. The molecule has 1 fully saturated rings. The molecule has 0 unspecified atom stereocenters. The molecule has 0 bridgehead atoms. The van der Waals surface area contributed by atoms with Crippen molar-refractivity contribution in [3.05, 3.63) is 59.1 Å². The van der Waals surface area contributed by atoms with Crippen LogP contribution in [0, 0.1) is 5.82 Å². The van der Waals surface area contributed by atoms with Crippen LogP contribution in [0.5, 0.6) is 5.75 Å². The molecule has 0 aliphatic carbocycles. The first kappa shape index (κ1) is 15.4. The van der Waals surface area contributed by atoms with Gasteiger partial charge < -0.3 is 9.15 Å². The number of halogens is 1. The highest BCUT2D eigenvalue weighted by atomic mass is 32.2. The molecule has 0 saturated carbocycles. The van der Waals surface area contributed by atoms with Gasteiger partial charge in [0.1, 0.15) is 23.9 Å². The van der Waals surface area contributed by atoms with Crippen LogP contribution in [-0.4, -0.2) is 29.2 Å². The van der Waals surface area contributed by atoms with Crippen molar-refractivity contribution >= 4 is 29.0 Å². The zero-order valence-corrected chi connectivity index (χ0v) is 12.7. The Hall–Kier alpha value is -2.54. The Balaban J connectivity index is 1.59. The van der Waals surface area contributed by atoms with E-state index < -0.39 is 0 Å². The van der Waals surface area contributed by atoms with E-state index in [4.69, 9.17) is 9.15 Å². The van der Waals surface area contributed by atoms with Crippen molar-refractivity contribution < 1.29 is 23.1 Å². The molecule has 1 aliphatic heterocycles. The minimum Gasteiger partial charge on any atom is -0.492 e. The number of nitrogens with zero attached hydrogens (tertiary/aromatic N) is 1. The van der Waals surface area contributed by atoms with Gasteiger partial charge in [-0.15, -0.1) is 0 Å². The zero-order chi connectivity index (χ0) is 16.2. The Morgan fingerprint density at radius 2 is 2.00 bits per heavy atom. The second kappa shape index (κ2) is 6.70. The molecule has 1 aliphatic rings. The molecule has 1 aromatic carbocycles. The van der Waals surface area contributed by atoms with Crippen LogP contribution in [0.15, 0.2) is 52.0 Å². The van der Waals surface area contributed by atoms with Gasteiger partial charge in [0.05, 0.1) is 17.7 Å². The van der Waals surface area contributed by atoms with Crippen molar-refractivity contribution in [2.75, 3.05) is 13.2 Å². The third-order valence-corrected chi connectivity index (χ3v) is 3.99. The minimum absolute atomic E-state index is 0.123. The first-order chi connectivity index (χ1) is 11.1. The van der Waals surface area contributed by atoms with Crippen LogP contribution in [0.4, 0.5) is 9.18 Å². The lowest BCUT2D eigenvalue weighted by molar-refractivity contribution is -0.123. The van der Waals surface area contributed by atoms with Gasteiger partial charge in [0, 0.05) is 6.08 Å². The van der Waals surface area contributed by atoms with Crippen LogP contribution in [-0.2, 0) is 4.79 Å². The molecule has 5 nitrogen and oxygen atoms in total. The summed E-state index contributed by atoms with van der Waals surface area (Å²) < 4.78 is 23.3. The van der Waals surface area contributed by atoms with E-state index in [0.717, 1.165) is 16.7 Å². The summed E-state index contributed by atoms with van der Waals surface area (Å²) in [4.78, 5) is 25.5. The molecule has 1 saturated heterocycles. The minimum atomic E-state index is -0.376. The second-order valence-corrected chi connectivity index (χ2v) is 5.64. The molecule has 0 N–H and O–H groups in total.